The molecule has 1 heterocycles. The summed E-state index contributed by atoms with van der Waals surface area (Å²) in [5, 5.41) is 0. The van der Waals surface area contributed by atoms with Gasteiger partial charge in [-0.25, -0.2) is 0 Å². The topological polar surface area (TPSA) is 30.9 Å². The van der Waals surface area contributed by atoms with Gasteiger partial charge in [0.2, 0.25) is 0 Å². The van der Waals surface area contributed by atoms with Gasteiger partial charge in [-0.2, -0.15) is 0 Å². The highest BCUT2D eigenvalue weighted by atomic mass is 16.5. The Morgan fingerprint density at radius 1 is 0.935 bits per heavy atom. The molecule has 0 N–H and O–H groups in total. The first-order chi connectivity index (χ1) is 15.2. The molecule has 3 atom stereocenters. The van der Waals surface area contributed by atoms with Crippen LogP contribution in [0.2, 0.25) is 0 Å². The van der Waals surface area contributed by atoms with Gasteiger partial charge in [0, 0.05) is 18.0 Å². The van der Waals surface area contributed by atoms with E-state index in [0.29, 0.717) is 11.5 Å². The summed E-state index contributed by atoms with van der Waals surface area (Å²) in [5.41, 5.74) is 4.84. The average molecular weight is 422 g/mol. The van der Waals surface area contributed by atoms with Crippen LogP contribution in [0.4, 0.5) is 0 Å². The third-order valence-corrected chi connectivity index (χ3v) is 8.29. The third kappa shape index (κ3) is 3.49. The molecule has 2 bridgehead atoms. The van der Waals surface area contributed by atoms with E-state index >= 15 is 0 Å². The first-order valence-corrected chi connectivity index (χ1v) is 11.8. The fraction of sp³-hybridized carbons (Fsp3) is 0.556. The molecule has 4 nitrogen and oxygen atoms in total. The van der Waals surface area contributed by atoms with Crippen molar-refractivity contribution in [3.63, 3.8) is 0 Å². The van der Waals surface area contributed by atoms with E-state index in [2.05, 4.69) is 35.2 Å². The molecule has 3 aliphatic rings. The Labute approximate surface area is 186 Å². The lowest BCUT2D eigenvalue weighted by atomic mass is 9.52. The monoisotopic (exact) mass is 421 g/mol. The molecular formula is C27H35NO3. The van der Waals surface area contributed by atoms with Gasteiger partial charge in [0.05, 0.1) is 21.3 Å². The smallest absolute Gasteiger partial charge is 0.160 e. The quantitative estimate of drug-likeness (QED) is 0.656. The Hall–Kier alpha value is -2.20. The number of likely N-dealkylation sites (tertiary alicyclic amines) is 1. The van der Waals surface area contributed by atoms with Crippen molar-refractivity contribution >= 4 is 0 Å². The molecule has 1 aliphatic heterocycles. The van der Waals surface area contributed by atoms with Crippen LogP contribution in [-0.4, -0.2) is 45.4 Å². The predicted octanol–water partition coefficient (Wildman–Crippen LogP) is 5.01. The van der Waals surface area contributed by atoms with E-state index in [1.54, 1.807) is 32.5 Å². The minimum absolute atomic E-state index is 0.366. The summed E-state index contributed by atoms with van der Waals surface area (Å²) in [6, 6.07) is 13.9. The Kier molecular flexibility index (Phi) is 5.60. The molecule has 31 heavy (non-hydrogen) atoms. The molecule has 0 radical (unpaired) electrons. The number of nitrogens with zero attached hydrogens (tertiary/aromatic N) is 1. The molecule has 1 saturated heterocycles. The summed E-state index contributed by atoms with van der Waals surface area (Å²) in [6.45, 7) is 2.31. The standard InChI is InChI=1S/C27H35NO3/c1-29-21-9-8-20-17-24-22-6-4-5-12-27(22,23(20)18-21)13-15-28(24)14-11-19-7-10-25(30-2)26(16-19)31-3/h7-10,16,18,22,24H,4-6,11-15,17H2,1-3H3/t22-,24+,27+/m0/s1. The lowest BCUT2D eigenvalue weighted by molar-refractivity contribution is -0.0107. The van der Waals surface area contributed by atoms with Crippen LogP contribution in [-0.2, 0) is 18.3 Å². The second-order valence-corrected chi connectivity index (χ2v) is 9.53. The first kappa shape index (κ1) is 20.7. The van der Waals surface area contributed by atoms with Crippen LogP contribution < -0.4 is 14.2 Å². The number of methoxy groups -OCH3 is 3. The van der Waals surface area contributed by atoms with Crippen LogP contribution in [0.25, 0.3) is 0 Å². The minimum atomic E-state index is 0.366. The molecule has 0 unspecified atom stereocenters. The normalized spacial score (nSPS) is 27.2. The van der Waals surface area contributed by atoms with Crippen molar-refractivity contribution in [2.24, 2.45) is 5.92 Å². The minimum Gasteiger partial charge on any atom is -0.497 e. The van der Waals surface area contributed by atoms with Gasteiger partial charge in [0.15, 0.2) is 11.5 Å². The highest BCUT2D eigenvalue weighted by molar-refractivity contribution is 5.46. The van der Waals surface area contributed by atoms with Crippen LogP contribution in [0.1, 0.15) is 48.8 Å². The maximum atomic E-state index is 5.61. The third-order valence-electron chi connectivity index (χ3n) is 8.29. The second kappa shape index (κ2) is 8.38. The molecule has 4 heteroatoms. The number of hydrogen-bond acceptors (Lipinski definition) is 4. The molecule has 0 spiro atoms. The molecule has 5 rings (SSSR count). The zero-order chi connectivity index (χ0) is 21.4. The summed E-state index contributed by atoms with van der Waals surface area (Å²) in [5.74, 6) is 3.42. The SMILES string of the molecule is COc1ccc2c(c1)[C@@]13CCCC[C@H]1[C@@H](C2)N(CCc1ccc(OC)c(OC)c1)CC3. The maximum Gasteiger partial charge on any atom is 0.160 e. The van der Waals surface area contributed by atoms with E-state index in [9.17, 15) is 0 Å². The van der Waals surface area contributed by atoms with Crippen LogP contribution in [0.5, 0.6) is 17.2 Å². The van der Waals surface area contributed by atoms with Gasteiger partial charge >= 0.3 is 0 Å². The summed E-state index contributed by atoms with van der Waals surface area (Å²) in [7, 11) is 5.20. The number of piperidine rings is 1. The largest absolute Gasteiger partial charge is 0.497 e. The molecule has 2 aromatic rings. The predicted molar refractivity (Wildman–Crippen MR) is 124 cm³/mol. The Bertz CT molecular complexity index is 942. The van der Waals surface area contributed by atoms with Gasteiger partial charge in [0.1, 0.15) is 5.75 Å². The molecule has 0 amide bonds. The molecule has 166 valence electrons. The first-order valence-electron chi connectivity index (χ1n) is 11.8. The van der Waals surface area contributed by atoms with Gasteiger partial charge < -0.3 is 14.2 Å². The van der Waals surface area contributed by atoms with Crippen molar-refractivity contribution < 1.29 is 14.2 Å². The number of fused-ring (bicyclic) bond motifs is 1. The van der Waals surface area contributed by atoms with E-state index in [0.717, 1.165) is 36.1 Å². The van der Waals surface area contributed by atoms with Gasteiger partial charge in [-0.1, -0.05) is 25.0 Å². The number of hydrogen-bond donors (Lipinski definition) is 0. The number of ether oxygens (including phenoxy) is 3. The van der Waals surface area contributed by atoms with Gasteiger partial charge in [-0.05, 0) is 85.5 Å². The lowest BCUT2D eigenvalue weighted by Crippen LogP contribution is -2.61. The van der Waals surface area contributed by atoms with Crippen molar-refractivity contribution in [1.29, 1.82) is 0 Å². The van der Waals surface area contributed by atoms with Crippen LogP contribution in [0.15, 0.2) is 36.4 Å². The Morgan fingerprint density at radius 3 is 2.61 bits per heavy atom. The highest BCUT2D eigenvalue weighted by Crippen LogP contribution is 2.56. The molecule has 2 aliphatic carbocycles. The van der Waals surface area contributed by atoms with Gasteiger partial charge in [-0.15, -0.1) is 0 Å². The molecular weight excluding hydrogens is 386 g/mol. The van der Waals surface area contributed by atoms with Crippen molar-refractivity contribution in [3.8, 4) is 17.2 Å². The van der Waals surface area contributed by atoms with Crippen LogP contribution >= 0.6 is 0 Å². The van der Waals surface area contributed by atoms with Crippen molar-refractivity contribution in [2.75, 3.05) is 34.4 Å². The Morgan fingerprint density at radius 2 is 1.81 bits per heavy atom. The zero-order valence-electron chi connectivity index (χ0n) is 19.2. The summed E-state index contributed by atoms with van der Waals surface area (Å²) >= 11 is 0. The second-order valence-electron chi connectivity index (χ2n) is 9.53. The molecule has 0 aromatic heterocycles. The summed E-state index contributed by atoms with van der Waals surface area (Å²) < 4.78 is 16.5. The van der Waals surface area contributed by atoms with Gasteiger partial charge in [-0.3, -0.25) is 4.90 Å². The lowest BCUT2D eigenvalue weighted by Gasteiger charge is -2.59. The van der Waals surface area contributed by atoms with Crippen molar-refractivity contribution in [3.05, 3.63) is 53.1 Å². The number of rotatable bonds is 6. The van der Waals surface area contributed by atoms with E-state index < -0.39 is 0 Å². The summed E-state index contributed by atoms with van der Waals surface area (Å²) in [6.07, 6.45) is 8.97. The average Bonchev–Trinajstić information content (AvgIpc) is 2.83. The Balaban J connectivity index is 1.39. The van der Waals surface area contributed by atoms with E-state index in [-0.39, 0.29) is 0 Å². The molecule has 2 aromatic carbocycles. The van der Waals surface area contributed by atoms with E-state index in [1.165, 1.54) is 50.6 Å². The van der Waals surface area contributed by atoms with Gasteiger partial charge in [0.25, 0.3) is 0 Å². The van der Waals surface area contributed by atoms with Crippen molar-refractivity contribution in [1.82, 2.24) is 4.90 Å². The van der Waals surface area contributed by atoms with E-state index in [4.69, 9.17) is 14.2 Å². The van der Waals surface area contributed by atoms with Crippen LogP contribution in [0.3, 0.4) is 0 Å². The fourth-order valence-corrected chi connectivity index (χ4v) is 6.78. The molecule has 1 saturated carbocycles. The molecule has 2 fully saturated rings. The fourth-order valence-electron chi connectivity index (χ4n) is 6.78. The van der Waals surface area contributed by atoms with Crippen LogP contribution in [0, 0.1) is 5.92 Å². The van der Waals surface area contributed by atoms with E-state index in [1.807, 2.05) is 6.07 Å². The highest BCUT2D eigenvalue weighted by Gasteiger charge is 2.53. The number of benzene rings is 2. The summed E-state index contributed by atoms with van der Waals surface area (Å²) in [4.78, 5) is 2.79. The zero-order valence-corrected chi connectivity index (χ0v) is 19.2. The maximum absolute atomic E-state index is 5.61. The van der Waals surface area contributed by atoms with Crippen molar-refractivity contribution in [2.45, 2.75) is 56.4 Å².